The van der Waals surface area contributed by atoms with Gasteiger partial charge in [0.25, 0.3) is 5.91 Å². The summed E-state index contributed by atoms with van der Waals surface area (Å²) in [6.07, 6.45) is -0.218. The fourth-order valence-electron chi connectivity index (χ4n) is 4.70. The number of hydrogen-bond donors (Lipinski definition) is 2. The highest BCUT2D eigenvalue weighted by Crippen LogP contribution is 2.39. The topological polar surface area (TPSA) is 116 Å². The Labute approximate surface area is 206 Å². The van der Waals surface area contributed by atoms with Crippen molar-refractivity contribution >= 4 is 39.4 Å². The van der Waals surface area contributed by atoms with Crippen LogP contribution in [0.15, 0.2) is 74.3 Å². The molecule has 3 aromatic carbocycles. The Morgan fingerprint density at radius 2 is 1.53 bits per heavy atom. The maximum Gasteiger partial charge on any atom is 0.340 e. The third-order valence-electron chi connectivity index (χ3n) is 6.50. The van der Waals surface area contributed by atoms with E-state index < -0.39 is 17.4 Å². The SMILES string of the molecule is Cc1oc2c(C)c3oc(=O)c(CC(=O)Nc4ccccc4C(N)=O)c(C)c3cc2c1-c1ccccc1. The van der Waals surface area contributed by atoms with Crippen LogP contribution < -0.4 is 16.7 Å². The highest BCUT2D eigenvalue weighted by atomic mass is 16.4. The summed E-state index contributed by atoms with van der Waals surface area (Å²) in [5, 5.41) is 4.33. The molecule has 0 aliphatic heterocycles. The van der Waals surface area contributed by atoms with E-state index in [0.29, 0.717) is 16.7 Å². The van der Waals surface area contributed by atoms with Crippen molar-refractivity contribution in [2.75, 3.05) is 5.32 Å². The van der Waals surface area contributed by atoms with Crippen LogP contribution in [0.5, 0.6) is 0 Å². The predicted octanol–water partition coefficient (Wildman–Crippen LogP) is 5.41. The Bertz CT molecular complexity index is 1730. The lowest BCUT2D eigenvalue weighted by atomic mass is 9.96. The van der Waals surface area contributed by atoms with Crippen molar-refractivity contribution in [2.24, 2.45) is 5.73 Å². The second kappa shape index (κ2) is 8.85. The molecule has 0 bridgehead atoms. The van der Waals surface area contributed by atoms with E-state index in [1.54, 1.807) is 25.1 Å². The number of benzene rings is 3. The van der Waals surface area contributed by atoms with Crippen LogP contribution in [0, 0.1) is 20.8 Å². The number of rotatable bonds is 5. The molecule has 2 aromatic heterocycles. The van der Waals surface area contributed by atoms with Crippen LogP contribution in [0.1, 0.15) is 32.8 Å². The molecule has 5 aromatic rings. The van der Waals surface area contributed by atoms with Gasteiger partial charge in [-0.1, -0.05) is 42.5 Å². The second-order valence-electron chi connectivity index (χ2n) is 8.78. The Hall–Kier alpha value is -4.65. The van der Waals surface area contributed by atoms with E-state index in [2.05, 4.69) is 5.32 Å². The number of aryl methyl sites for hydroxylation is 3. The van der Waals surface area contributed by atoms with E-state index in [4.69, 9.17) is 14.6 Å². The minimum absolute atomic E-state index is 0.190. The minimum atomic E-state index is -0.656. The zero-order chi connectivity index (χ0) is 25.6. The average Bonchev–Trinajstić information content (AvgIpc) is 3.19. The second-order valence-corrected chi connectivity index (χ2v) is 8.78. The zero-order valence-electron chi connectivity index (χ0n) is 20.1. The normalized spacial score (nSPS) is 11.2. The molecule has 0 unspecified atom stereocenters. The summed E-state index contributed by atoms with van der Waals surface area (Å²) in [7, 11) is 0. The number of carbonyl (C=O) groups excluding carboxylic acids is 2. The fourth-order valence-corrected chi connectivity index (χ4v) is 4.70. The molecule has 3 N–H and O–H groups in total. The van der Waals surface area contributed by atoms with Crippen molar-refractivity contribution in [2.45, 2.75) is 27.2 Å². The van der Waals surface area contributed by atoms with Gasteiger partial charge in [-0.15, -0.1) is 0 Å². The molecule has 7 nitrogen and oxygen atoms in total. The fraction of sp³-hybridized carbons (Fsp3) is 0.138. The van der Waals surface area contributed by atoms with E-state index in [9.17, 15) is 14.4 Å². The molecule has 0 spiro atoms. The molecule has 0 radical (unpaired) electrons. The Morgan fingerprint density at radius 3 is 2.25 bits per heavy atom. The van der Waals surface area contributed by atoms with Crippen molar-refractivity contribution in [3.63, 3.8) is 0 Å². The van der Waals surface area contributed by atoms with Crippen LogP contribution in [-0.2, 0) is 11.2 Å². The van der Waals surface area contributed by atoms with Crippen LogP contribution in [0.25, 0.3) is 33.1 Å². The van der Waals surface area contributed by atoms with Gasteiger partial charge in [-0.3, -0.25) is 9.59 Å². The smallest absolute Gasteiger partial charge is 0.340 e. The molecule has 0 saturated heterocycles. The van der Waals surface area contributed by atoms with Gasteiger partial charge in [-0.05, 0) is 50.1 Å². The van der Waals surface area contributed by atoms with Gasteiger partial charge in [0.05, 0.1) is 23.2 Å². The number of hydrogen-bond acceptors (Lipinski definition) is 5. The monoisotopic (exact) mass is 480 g/mol. The highest BCUT2D eigenvalue weighted by molar-refractivity contribution is 6.06. The van der Waals surface area contributed by atoms with Crippen molar-refractivity contribution in [3.05, 3.63) is 99.1 Å². The lowest BCUT2D eigenvalue weighted by Gasteiger charge is -2.12. The minimum Gasteiger partial charge on any atom is -0.460 e. The Balaban J connectivity index is 1.61. The number of nitrogens with two attached hydrogens (primary N) is 1. The first-order valence-corrected chi connectivity index (χ1v) is 11.5. The number of furan rings is 1. The highest BCUT2D eigenvalue weighted by Gasteiger charge is 2.22. The maximum atomic E-state index is 12.9. The van der Waals surface area contributed by atoms with Crippen molar-refractivity contribution in [3.8, 4) is 11.1 Å². The van der Waals surface area contributed by atoms with Gasteiger partial charge < -0.3 is 19.9 Å². The third-order valence-corrected chi connectivity index (χ3v) is 6.50. The van der Waals surface area contributed by atoms with Crippen LogP contribution >= 0.6 is 0 Å². The van der Waals surface area contributed by atoms with Crippen LogP contribution in [0.4, 0.5) is 5.69 Å². The number of primary amides is 1. The molecule has 2 heterocycles. The number of anilines is 1. The summed E-state index contributed by atoms with van der Waals surface area (Å²) in [5.41, 5.74) is 10.0. The van der Waals surface area contributed by atoms with Gasteiger partial charge >= 0.3 is 5.63 Å². The molecule has 0 atom stereocenters. The van der Waals surface area contributed by atoms with Gasteiger partial charge in [-0.25, -0.2) is 4.79 Å². The first-order valence-electron chi connectivity index (χ1n) is 11.5. The molecular formula is C29H24N2O5. The largest absolute Gasteiger partial charge is 0.460 e. The van der Waals surface area contributed by atoms with Gasteiger partial charge in [0.2, 0.25) is 5.91 Å². The van der Waals surface area contributed by atoms with Crippen molar-refractivity contribution in [1.29, 1.82) is 0 Å². The number of para-hydroxylation sites is 1. The van der Waals surface area contributed by atoms with Crippen molar-refractivity contribution < 1.29 is 18.4 Å². The van der Waals surface area contributed by atoms with Crippen LogP contribution in [-0.4, -0.2) is 11.8 Å². The Morgan fingerprint density at radius 1 is 0.861 bits per heavy atom. The van der Waals surface area contributed by atoms with Crippen LogP contribution in [0.3, 0.4) is 0 Å². The molecule has 7 heteroatoms. The van der Waals surface area contributed by atoms with E-state index in [0.717, 1.165) is 33.2 Å². The summed E-state index contributed by atoms with van der Waals surface area (Å²) in [4.78, 5) is 37.5. The quantitative estimate of drug-likeness (QED) is 0.326. The van der Waals surface area contributed by atoms with Gasteiger partial charge in [-0.2, -0.15) is 0 Å². The number of fused-ring (bicyclic) bond motifs is 2. The summed E-state index contributed by atoms with van der Waals surface area (Å²) in [6.45, 7) is 5.58. The first kappa shape index (κ1) is 23.1. The molecular weight excluding hydrogens is 456 g/mol. The first-order chi connectivity index (χ1) is 17.3. The summed E-state index contributed by atoms with van der Waals surface area (Å²) in [6, 6.07) is 18.4. The van der Waals surface area contributed by atoms with Crippen LogP contribution in [0.2, 0.25) is 0 Å². The summed E-state index contributed by atoms with van der Waals surface area (Å²) < 4.78 is 11.8. The van der Waals surface area contributed by atoms with E-state index in [1.165, 1.54) is 6.07 Å². The standard InChI is InChI=1S/C29H24N2O5/c1-15-20-13-22-25(18-9-5-4-6-10-18)17(3)35-27(22)16(2)26(20)36-29(34)21(15)14-24(32)31-23-12-8-7-11-19(23)28(30)33/h4-13H,14H2,1-3H3,(H2,30,33)(H,31,32). The Kier molecular flexibility index (Phi) is 5.68. The zero-order valence-corrected chi connectivity index (χ0v) is 20.1. The molecule has 180 valence electrons. The summed E-state index contributed by atoms with van der Waals surface area (Å²) >= 11 is 0. The molecule has 5 rings (SSSR count). The molecule has 36 heavy (non-hydrogen) atoms. The van der Waals surface area contributed by atoms with Gasteiger partial charge in [0.1, 0.15) is 16.9 Å². The van der Waals surface area contributed by atoms with E-state index >= 15 is 0 Å². The summed E-state index contributed by atoms with van der Waals surface area (Å²) in [5.74, 6) is -0.348. The number of carbonyl (C=O) groups is 2. The molecule has 0 saturated carbocycles. The lowest BCUT2D eigenvalue weighted by molar-refractivity contribution is -0.115. The lowest BCUT2D eigenvalue weighted by Crippen LogP contribution is -2.22. The van der Waals surface area contributed by atoms with Gasteiger partial charge in [0, 0.05) is 21.9 Å². The molecule has 2 amide bonds. The van der Waals surface area contributed by atoms with E-state index in [1.807, 2.05) is 50.2 Å². The van der Waals surface area contributed by atoms with E-state index in [-0.39, 0.29) is 23.2 Å². The van der Waals surface area contributed by atoms with Crippen molar-refractivity contribution in [1.82, 2.24) is 0 Å². The predicted molar refractivity (Wildman–Crippen MR) is 139 cm³/mol. The average molecular weight is 481 g/mol. The van der Waals surface area contributed by atoms with Gasteiger partial charge in [0.15, 0.2) is 0 Å². The third kappa shape index (κ3) is 3.84. The molecule has 0 aliphatic carbocycles. The molecule has 0 aliphatic rings. The number of nitrogens with one attached hydrogen (secondary N) is 1. The molecule has 0 fully saturated rings. The maximum absolute atomic E-state index is 12.9. The number of amides is 2.